The van der Waals surface area contributed by atoms with E-state index in [4.69, 9.17) is 0 Å². The first-order chi connectivity index (χ1) is 18.2. The van der Waals surface area contributed by atoms with Gasteiger partial charge in [0.15, 0.2) is 0 Å². The van der Waals surface area contributed by atoms with E-state index in [1.807, 2.05) is 19.1 Å². The Morgan fingerprint density at radius 3 is 2.13 bits per heavy atom. The molecular weight excluding hydrogens is 498 g/mol. The Bertz CT molecular complexity index is 1250. The average molecular weight is 538 g/mol. The van der Waals surface area contributed by atoms with E-state index >= 15 is 0 Å². The Hall–Kier alpha value is -2.87. The van der Waals surface area contributed by atoms with Crippen molar-refractivity contribution >= 4 is 33.2 Å². The average Bonchev–Trinajstić information content (AvgIpc) is 2.86. The molecule has 0 radical (unpaired) electrons. The van der Waals surface area contributed by atoms with Crippen LogP contribution in [-0.4, -0.2) is 39.6 Å². The SMILES string of the molecule is CCCCNC(=O)c1ccccc1NC(=O)CN(c1ccc(C23CC4CC(CC(C4)C2)C3)cc1)S(C)(=O)=O. The second-order valence-electron chi connectivity index (χ2n) is 11.7. The summed E-state index contributed by atoms with van der Waals surface area (Å²) in [5, 5.41) is 5.61. The van der Waals surface area contributed by atoms with E-state index in [9.17, 15) is 18.0 Å². The third kappa shape index (κ3) is 5.60. The molecule has 2 aromatic rings. The minimum absolute atomic E-state index is 0.224. The highest BCUT2D eigenvalue weighted by Crippen LogP contribution is 2.60. The Morgan fingerprint density at radius 1 is 0.947 bits per heavy atom. The van der Waals surface area contributed by atoms with Gasteiger partial charge in [-0.1, -0.05) is 37.6 Å². The Kier molecular flexibility index (Phi) is 7.54. The van der Waals surface area contributed by atoms with Crippen molar-refractivity contribution in [3.63, 3.8) is 0 Å². The molecule has 6 rings (SSSR count). The standard InChI is InChI=1S/C30H39N3O4S/c1-3-4-13-31-29(35)26-7-5-6-8-27(26)32-28(34)20-33(38(2,36)37)25-11-9-24(10-12-25)30-17-21-14-22(18-30)16-23(15-21)19-30/h5-12,21-23H,3-4,13-20H2,1-2H3,(H,31,35)(H,32,34). The molecule has 0 saturated heterocycles. The molecule has 2 aromatic carbocycles. The van der Waals surface area contributed by atoms with Gasteiger partial charge in [0.2, 0.25) is 15.9 Å². The van der Waals surface area contributed by atoms with E-state index in [2.05, 4.69) is 22.8 Å². The summed E-state index contributed by atoms with van der Waals surface area (Å²) in [6.07, 6.45) is 10.8. The summed E-state index contributed by atoms with van der Waals surface area (Å²) in [4.78, 5) is 25.6. The van der Waals surface area contributed by atoms with Crippen molar-refractivity contribution in [2.75, 3.05) is 29.0 Å². The number of sulfonamides is 1. The van der Waals surface area contributed by atoms with Crippen molar-refractivity contribution in [1.82, 2.24) is 5.32 Å². The van der Waals surface area contributed by atoms with E-state index in [1.165, 1.54) is 44.1 Å². The van der Waals surface area contributed by atoms with Crippen LogP contribution in [0.5, 0.6) is 0 Å². The number of benzene rings is 2. The first-order valence-electron chi connectivity index (χ1n) is 13.9. The molecule has 2 N–H and O–H groups in total. The number of hydrogen-bond acceptors (Lipinski definition) is 4. The summed E-state index contributed by atoms with van der Waals surface area (Å²) in [7, 11) is -3.71. The van der Waals surface area contributed by atoms with Crippen LogP contribution in [-0.2, 0) is 20.2 Å². The Labute approximate surface area is 226 Å². The highest BCUT2D eigenvalue weighted by molar-refractivity contribution is 7.92. The van der Waals surface area contributed by atoms with Gasteiger partial charge in [-0.15, -0.1) is 0 Å². The zero-order valence-electron chi connectivity index (χ0n) is 22.4. The fourth-order valence-electron chi connectivity index (χ4n) is 7.43. The molecule has 8 heteroatoms. The van der Waals surface area contributed by atoms with Crippen LogP contribution in [0.2, 0.25) is 0 Å². The highest BCUT2D eigenvalue weighted by atomic mass is 32.2. The molecule has 0 atom stereocenters. The van der Waals surface area contributed by atoms with Crippen LogP contribution in [0.3, 0.4) is 0 Å². The lowest BCUT2D eigenvalue weighted by Gasteiger charge is -2.57. The van der Waals surface area contributed by atoms with Crippen LogP contribution in [0.4, 0.5) is 11.4 Å². The maximum atomic E-state index is 13.0. The lowest BCUT2D eigenvalue weighted by Crippen LogP contribution is -2.48. The summed E-state index contributed by atoms with van der Waals surface area (Å²) in [5.74, 6) is 1.71. The number of anilines is 2. The number of para-hydroxylation sites is 1. The van der Waals surface area contributed by atoms with Crippen molar-refractivity contribution < 1.29 is 18.0 Å². The lowest BCUT2D eigenvalue weighted by molar-refractivity contribution is -0.114. The van der Waals surface area contributed by atoms with Crippen molar-refractivity contribution in [3.05, 3.63) is 59.7 Å². The molecule has 0 unspecified atom stereocenters. The van der Waals surface area contributed by atoms with Crippen molar-refractivity contribution in [1.29, 1.82) is 0 Å². The molecule has 4 saturated carbocycles. The number of rotatable bonds is 10. The molecule has 4 aliphatic carbocycles. The van der Waals surface area contributed by atoms with Crippen LogP contribution < -0.4 is 14.9 Å². The fourth-order valence-corrected chi connectivity index (χ4v) is 8.29. The zero-order valence-corrected chi connectivity index (χ0v) is 23.2. The van der Waals surface area contributed by atoms with Gasteiger partial charge in [-0.3, -0.25) is 13.9 Å². The number of nitrogens with one attached hydrogen (secondary N) is 2. The largest absolute Gasteiger partial charge is 0.352 e. The van der Waals surface area contributed by atoms with Gasteiger partial charge in [0, 0.05) is 6.54 Å². The van der Waals surface area contributed by atoms with E-state index in [-0.39, 0.29) is 17.9 Å². The topological polar surface area (TPSA) is 95.6 Å². The van der Waals surface area contributed by atoms with E-state index in [1.54, 1.807) is 24.3 Å². The predicted octanol–water partition coefficient (Wildman–Crippen LogP) is 5.09. The number of unbranched alkanes of at least 4 members (excludes halogenated alkanes) is 1. The van der Waals surface area contributed by atoms with E-state index in [0.29, 0.717) is 23.5 Å². The zero-order chi connectivity index (χ0) is 26.9. The molecule has 0 aromatic heterocycles. The molecule has 0 spiro atoms. The van der Waals surface area contributed by atoms with E-state index < -0.39 is 15.9 Å². The maximum Gasteiger partial charge on any atom is 0.253 e. The second kappa shape index (κ2) is 10.7. The summed E-state index contributed by atoms with van der Waals surface area (Å²) >= 11 is 0. The summed E-state index contributed by atoms with van der Waals surface area (Å²) in [6, 6.07) is 14.6. The van der Waals surface area contributed by atoms with Crippen LogP contribution in [0, 0.1) is 17.8 Å². The van der Waals surface area contributed by atoms with Crippen molar-refractivity contribution in [2.24, 2.45) is 17.8 Å². The molecular formula is C30H39N3O4S. The third-order valence-electron chi connectivity index (χ3n) is 8.76. The van der Waals surface area contributed by atoms with Crippen LogP contribution in [0.25, 0.3) is 0 Å². The third-order valence-corrected chi connectivity index (χ3v) is 9.90. The fraction of sp³-hybridized carbons (Fsp3) is 0.533. The van der Waals surface area contributed by atoms with Gasteiger partial charge in [-0.05, 0) is 97.9 Å². The van der Waals surface area contributed by atoms with Gasteiger partial charge in [0.1, 0.15) is 6.54 Å². The maximum absolute atomic E-state index is 13.0. The van der Waals surface area contributed by atoms with Crippen LogP contribution in [0.15, 0.2) is 48.5 Å². The molecule has 4 aliphatic rings. The molecule has 38 heavy (non-hydrogen) atoms. The van der Waals surface area contributed by atoms with Gasteiger partial charge in [0.05, 0.1) is 23.2 Å². The predicted molar refractivity (Wildman–Crippen MR) is 151 cm³/mol. The number of carbonyl (C=O) groups is 2. The molecule has 2 amide bonds. The second-order valence-corrected chi connectivity index (χ2v) is 13.6. The normalized spacial score (nSPS) is 25.7. The summed E-state index contributed by atoms with van der Waals surface area (Å²) in [6.45, 7) is 2.23. The quantitative estimate of drug-likeness (QED) is 0.413. The van der Waals surface area contributed by atoms with Gasteiger partial charge >= 0.3 is 0 Å². The first-order valence-corrected chi connectivity index (χ1v) is 15.8. The van der Waals surface area contributed by atoms with E-state index in [0.717, 1.165) is 41.2 Å². The molecule has 4 fully saturated rings. The minimum atomic E-state index is -3.71. The number of hydrogen-bond donors (Lipinski definition) is 2. The molecule has 7 nitrogen and oxygen atoms in total. The van der Waals surface area contributed by atoms with Gasteiger partial charge < -0.3 is 10.6 Å². The number of carbonyl (C=O) groups excluding carboxylic acids is 2. The molecule has 0 aliphatic heterocycles. The Balaban J connectivity index is 1.30. The Morgan fingerprint density at radius 2 is 1.55 bits per heavy atom. The molecule has 0 heterocycles. The lowest BCUT2D eigenvalue weighted by atomic mass is 9.48. The summed E-state index contributed by atoms with van der Waals surface area (Å²) in [5.41, 5.74) is 2.71. The monoisotopic (exact) mass is 537 g/mol. The van der Waals surface area contributed by atoms with Crippen molar-refractivity contribution in [2.45, 2.75) is 63.7 Å². The van der Waals surface area contributed by atoms with Gasteiger partial charge in [-0.2, -0.15) is 0 Å². The van der Waals surface area contributed by atoms with Crippen LogP contribution >= 0.6 is 0 Å². The number of amides is 2. The molecule has 4 bridgehead atoms. The first kappa shape index (κ1) is 26.7. The van der Waals surface area contributed by atoms with Gasteiger partial charge in [-0.25, -0.2) is 8.42 Å². The van der Waals surface area contributed by atoms with Crippen molar-refractivity contribution in [3.8, 4) is 0 Å². The number of nitrogens with zero attached hydrogens (tertiary/aromatic N) is 1. The summed E-state index contributed by atoms with van der Waals surface area (Å²) < 4.78 is 26.6. The van der Waals surface area contributed by atoms with Crippen LogP contribution in [0.1, 0.15) is 74.2 Å². The minimum Gasteiger partial charge on any atom is -0.352 e. The van der Waals surface area contributed by atoms with Gasteiger partial charge in [0.25, 0.3) is 5.91 Å². The smallest absolute Gasteiger partial charge is 0.253 e. The highest BCUT2D eigenvalue weighted by Gasteiger charge is 2.51. The molecule has 204 valence electrons.